The molecule has 0 saturated heterocycles. The molecule has 7 heteroatoms. The van der Waals surface area contributed by atoms with Crippen LogP contribution >= 0.6 is 0 Å². The average Bonchev–Trinajstić information content (AvgIpc) is 2.58. The fourth-order valence-electron chi connectivity index (χ4n) is 1.22. The first-order valence-electron chi connectivity index (χ1n) is 4.91. The number of aryl methyl sites for hydroxylation is 1. The predicted octanol–water partition coefficient (Wildman–Crippen LogP) is -1.26. The smallest absolute Gasteiger partial charge is 0.271 e. The van der Waals surface area contributed by atoms with Crippen LogP contribution in [-0.2, 0) is 11.8 Å². The molecule has 90 valence electrons. The number of aliphatic hydroxyl groups is 1. The van der Waals surface area contributed by atoms with Crippen LogP contribution in [0.1, 0.15) is 10.5 Å². The van der Waals surface area contributed by atoms with Crippen LogP contribution in [-0.4, -0.2) is 47.2 Å². The van der Waals surface area contributed by atoms with Gasteiger partial charge in [0.2, 0.25) is 0 Å². The monoisotopic (exact) mass is 228 g/mol. The van der Waals surface area contributed by atoms with Crippen molar-refractivity contribution in [3.05, 3.63) is 11.9 Å². The second-order valence-electron chi connectivity index (χ2n) is 3.16. The normalized spacial score (nSPS) is 10.4. The Morgan fingerprint density at radius 1 is 1.69 bits per heavy atom. The van der Waals surface area contributed by atoms with Gasteiger partial charge in [-0.3, -0.25) is 9.48 Å². The molecule has 1 heterocycles. The summed E-state index contributed by atoms with van der Waals surface area (Å²) in [5.41, 5.74) is 6.26. The minimum atomic E-state index is -0.287. The molecule has 1 aromatic heterocycles. The Hall–Kier alpha value is -1.60. The lowest BCUT2D eigenvalue weighted by molar-refractivity contribution is 0.0833. The molecule has 0 aliphatic carbocycles. The molecule has 16 heavy (non-hydrogen) atoms. The number of nitrogens with one attached hydrogen (secondary N) is 1. The van der Waals surface area contributed by atoms with Crippen LogP contribution in [0.3, 0.4) is 0 Å². The standard InChI is InChI=1S/C9H16N4O3/c1-13-8(7(10)6-12-13)9(15)11-2-4-16-5-3-14/h6,14H,2-5,10H2,1H3,(H,11,15). The minimum Gasteiger partial charge on any atom is -0.396 e. The molecule has 0 aliphatic heterocycles. The van der Waals surface area contributed by atoms with Crippen molar-refractivity contribution in [3.8, 4) is 0 Å². The van der Waals surface area contributed by atoms with E-state index in [2.05, 4.69) is 10.4 Å². The van der Waals surface area contributed by atoms with Gasteiger partial charge in [-0.05, 0) is 0 Å². The van der Waals surface area contributed by atoms with Crippen molar-refractivity contribution in [3.63, 3.8) is 0 Å². The first-order valence-corrected chi connectivity index (χ1v) is 4.91. The highest BCUT2D eigenvalue weighted by molar-refractivity contribution is 5.97. The van der Waals surface area contributed by atoms with Crippen LogP contribution in [0, 0.1) is 0 Å². The van der Waals surface area contributed by atoms with Crippen LogP contribution in [0.25, 0.3) is 0 Å². The second-order valence-corrected chi connectivity index (χ2v) is 3.16. The first kappa shape index (κ1) is 12.5. The zero-order valence-electron chi connectivity index (χ0n) is 9.14. The number of carbonyl (C=O) groups is 1. The third-order valence-electron chi connectivity index (χ3n) is 1.95. The summed E-state index contributed by atoms with van der Waals surface area (Å²) in [6.07, 6.45) is 1.43. The van der Waals surface area contributed by atoms with Gasteiger partial charge in [0.25, 0.3) is 5.91 Å². The minimum absolute atomic E-state index is 0.0252. The first-order chi connectivity index (χ1) is 7.66. The molecule has 0 unspecified atom stereocenters. The molecule has 1 rings (SSSR count). The second kappa shape index (κ2) is 6.09. The van der Waals surface area contributed by atoms with Gasteiger partial charge in [0.1, 0.15) is 5.69 Å². The van der Waals surface area contributed by atoms with E-state index in [4.69, 9.17) is 15.6 Å². The van der Waals surface area contributed by atoms with Crippen molar-refractivity contribution in [2.75, 3.05) is 32.1 Å². The Kier molecular flexibility index (Phi) is 4.74. The summed E-state index contributed by atoms with van der Waals surface area (Å²) >= 11 is 0. The largest absolute Gasteiger partial charge is 0.396 e. The molecule has 1 amide bonds. The van der Waals surface area contributed by atoms with Crippen LogP contribution in [0.2, 0.25) is 0 Å². The number of carbonyl (C=O) groups excluding carboxylic acids is 1. The van der Waals surface area contributed by atoms with Gasteiger partial charge >= 0.3 is 0 Å². The fourth-order valence-corrected chi connectivity index (χ4v) is 1.22. The van der Waals surface area contributed by atoms with Gasteiger partial charge in [-0.25, -0.2) is 0 Å². The number of hydrogen-bond donors (Lipinski definition) is 3. The molecule has 0 atom stereocenters. The Balaban J connectivity index is 2.36. The van der Waals surface area contributed by atoms with Gasteiger partial charge in [0.05, 0.1) is 31.7 Å². The number of nitrogen functional groups attached to an aromatic ring is 1. The van der Waals surface area contributed by atoms with Gasteiger partial charge in [0.15, 0.2) is 0 Å². The number of anilines is 1. The van der Waals surface area contributed by atoms with Crippen molar-refractivity contribution in [1.29, 1.82) is 0 Å². The maximum absolute atomic E-state index is 11.6. The van der Waals surface area contributed by atoms with Crippen LogP contribution in [0.5, 0.6) is 0 Å². The van der Waals surface area contributed by atoms with Gasteiger partial charge in [-0.1, -0.05) is 0 Å². The maximum atomic E-state index is 11.6. The van der Waals surface area contributed by atoms with E-state index in [1.807, 2.05) is 0 Å². The maximum Gasteiger partial charge on any atom is 0.271 e. The van der Waals surface area contributed by atoms with E-state index in [1.165, 1.54) is 10.9 Å². The number of nitrogens with zero attached hydrogens (tertiary/aromatic N) is 2. The lowest BCUT2D eigenvalue weighted by atomic mass is 10.3. The number of ether oxygens (including phenoxy) is 1. The summed E-state index contributed by atoms with van der Waals surface area (Å²) in [5, 5.41) is 15.0. The number of hydrogen-bond acceptors (Lipinski definition) is 5. The number of nitrogens with two attached hydrogens (primary N) is 1. The van der Waals surface area contributed by atoms with E-state index in [-0.39, 0.29) is 19.1 Å². The van der Waals surface area contributed by atoms with Crippen molar-refractivity contribution in [2.45, 2.75) is 0 Å². The number of aromatic nitrogens is 2. The van der Waals surface area contributed by atoms with Gasteiger partial charge in [-0.15, -0.1) is 0 Å². The van der Waals surface area contributed by atoms with Crippen molar-refractivity contribution in [1.82, 2.24) is 15.1 Å². The molecular weight excluding hydrogens is 212 g/mol. The molecule has 0 aliphatic rings. The Morgan fingerprint density at radius 3 is 3.00 bits per heavy atom. The molecule has 0 spiro atoms. The van der Waals surface area contributed by atoms with E-state index < -0.39 is 0 Å². The molecule has 0 radical (unpaired) electrons. The van der Waals surface area contributed by atoms with Crippen molar-refractivity contribution < 1.29 is 14.6 Å². The van der Waals surface area contributed by atoms with Gasteiger partial charge in [0, 0.05) is 13.6 Å². The van der Waals surface area contributed by atoms with E-state index in [0.717, 1.165) is 0 Å². The molecule has 0 bridgehead atoms. The third kappa shape index (κ3) is 3.21. The molecule has 4 N–H and O–H groups in total. The lowest BCUT2D eigenvalue weighted by Crippen LogP contribution is -2.29. The summed E-state index contributed by atoms with van der Waals surface area (Å²) in [5.74, 6) is -0.287. The number of aliphatic hydroxyl groups excluding tert-OH is 1. The molecule has 0 saturated carbocycles. The van der Waals surface area contributed by atoms with Crippen LogP contribution < -0.4 is 11.1 Å². The van der Waals surface area contributed by atoms with E-state index >= 15 is 0 Å². The van der Waals surface area contributed by atoms with Crippen molar-refractivity contribution >= 4 is 11.6 Å². The Labute approximate surface area is 93.2 Å². The average molecular weight is 228 g/mol. The van der Waals surface area contributed by atoms with E-state index in [9.17, 15) is 4.79 Å². The topological polar surface area (TPSA) is 102 Å². The summed E-state index contributed by atoms with van der Waals surface area (Å²) in [6, 6.07) is 0. The Bertz CT molecular complexity index is 331. The van der Waals surface area contributed by atoms with E-state index in [1.54, 1.807) is 7.05 Å². The highest BCUT2D eigenvalue weighted by atomic mass is 16.5. The summed E-state index contributed by atoms with van der Waals surface area (Å²) in [4.78, 5) is 11.6. The third-order valence-corrected chi connectivity index (χ3v) is 1.95. The highest BCUT2D eigenvalue weighted by Crippen LogP contribution is 2.08. The summed E-state index contributed by atoms with van der Waals surface area (Å²) in [7, 11) is 1.65. The lowest BCUT2D eigenvalue weighted by Gasteiger charge is -2.06. The quantitative estimate of drug-likeness (QED) is 0.527. The molecule has 0 aromatic carbocycles. The Morgan fingerprint density at radius 2 is 2.44 bits per heavy atom. The molecule has 0 fully saturated rings. The fraction of sp³-hybridized carbons (Fsp3) is 0.556. The van der Waals surface area contributed by atoms with E-state index in [0.29, 0.717) is 24.5 Å². The SMILES string of the molecule is Cn1ncc(N)c1C(=O)NCCOCCO. The molecular formula is C9H16N4O3. The zero-order chi connectivity index (χ0) is 12.0. The highest BCUT2D eigenvalue weighted by Gasteiger charge is 2.13. The van der Waals surface area contributed by atoms with Gasteiger partial charge in [-0.2, -0.15) is 5.10 Å². The van der Waals surface area contributed by atoms with Crippen LogP contribution in [0.15, 0.2) is 6.20 Å². The zero-order valence-corrected chi connectivity index (χ0v) is 9.14. The van der Waals surface area contributed by atoms with Gasteiger partial charge < -0.3 is 20.9 Å². The number of amides is 1. The summed E-state index contributed by atoms with van der Waals surface area (Å²) < 4.78 is 6.41. The summed E-state index contributed by atoms with van der Waals surface area (Å²) in [6.45, 7) is 0.958. The number of rotatable bonds is 6. The molecule has 7 nitrogen and oxygen atoms in total. The van der Waals surface area contributed by atoms with Crippen molar-refractivity contribution in [2.24, 2.45) is 7.05 Å². The molecule has 1 aromatic rings. The predicted molar refractivity (Wildman–Crippen MR) is 57.9 cm³/mol. The van der Waals surface area contributed by atoms with Crippen LogP contribution in [0.4, 0.5) is 5.69 Å².